The molecule has 2 unspecified atom stereocenters. The number of alkyl halides is 11. The van der Waals surface area contributed by atoms with E-state index in [9.17, 15) is 87.8 Å². The van der Waals surface area contributed by atoms with E-state index in [4.69, 9.17) is 0 Å². The molecule has 0 aliphatic heterocycles. The number of ether oxygens (including phenoxy) is 2. The van der Waals surface area contributed by atoms with Gasteiger partial charge in [-0.15, -0.1) is 0 Å². The lowest BCUT2D eigenvalue weighted by Crippen LogP contribution is -2.55. The summed E-state index contributed by atoms with van der Waals surface area (Å²) in [5.41, 5.74) is -7.48. The van der Waals surface area contributed by atoms with Gasteiger partial charge >= 0.3 is 24.5 Å². The van der Waals surface area contributed by atoms with Crippen LogP contribution in [0.4, 0.5) is 92.2 Å². The summed E-state index contributed by atoms with van der Waals surface area (Å²) in [6.45, 7) is 0. The molecule has 0 amide bonds. The van der Waals surface area contributed by atoms with Crippen LogP contribution >= 0.6 is 0 Å². The molecule has 0 radical (unpaired) electrons. The highest BCUT2D eigenvalue weighted by molar-refractivity contribution is 5.34. The molecule has 41 heavy (non-hydrogen) atoms. The minimum atomic E-state index is -7.72. The number of hydrogen-bond acceptors (Lipinski definition) is 2. The Kier molecular flexibility index (Phi) is 8.57. The van der Waals surface area contributed by atoms with Crippen molar-refractivity contribution < 1.29 is 102 Å². The van der Waals surface area contributed by atoms with Gasteiger partial charge in [0, 0.05) is 0 Å². The van der Waals surface area contributed by atoms with Gasteiger partial charge in [0.15, 0.2) is 52.7 Å². The van der Waals surface area contributed by atoms with Crippen molar-refractivity contribution in [3.05, 3.63) is 69.3 Å². The fourth-order valence-corrected chi connectivity index (χ4v) is 2.69. The molecule has 0 aromatic heterocycles. The first-order chi connectivity index (χ1) is 18.2. The van der Waals surface area contributed by atoms with Gasteiger partial charge in [0.2, 0.25) is 11.6 Å². The maximum absolute atomic E-state index is 15.5. The Bertz CT molecular complexity index is 1290. The third kappa shape index (κ3) is 5.44. The van der Waals surface area contributed by atoms with E-state index in [1.54, 1.807) is 0 Å². The smallest absolute Gasteiger partial charge is 0.268 e. The average Bonchev–Trinajstić information content (AvgIpc) is 2.82. The molecular weight excluding hydrogens is 647 g/mol. The molecular formula is C18HF21O2. The number of halogens is 21. The normalized spacial score (nSPS) is 15.7. The zero-order valence-electron chi connectivity index (χ0n) is 17.8. The van der Waals surface area contributed by atoms with E-state index in [1.807, 2.05) is 0 Å². The van der Waals surface area contributed by atoms with E-state index in [0.717, 1.165) is 0 Å². The molecule has 0 spiro atoms. The van der Waals surface area contributed by atoms with Crippen molar-refractivity contribution in [2.24, 2.45) is 0 Å². The highest BCUT2D eigenvalue weighted by Gasteiger charge is 2.73. The lowest BCUT2D eigenvalue weighted by molar-refractivity contribution is -0.533. The number of rotatable bonds is 8. The van der Waals surface area contributed by atoms with Crippen molar-refractivity contribution in [3.8, 4) is 0 Å². The van der Waals surface area contributed by atoms with Crippen LogP contribution < -0.4 is 0 Å². The van der Waals surface area contributed by atoms with E-state index in [0.29, 0.717) is 0 Å². The summed E-state index contributed by atoms with van der Waals surface area (Å²) >= 11 is 0. The molecule has 2 atom stereocenters. The van der Waals surface area contributed by atoms with E-state index in [1.165, 1.54) is 4.74 Å². The summed E-state index contributed by atoms with van der Waals surface area (Å²) in [7, 11) is 0. The van der Waals surface area contributed by atoms with Gasteiger partial charge in [-0.25, -0.2) is 57.4 Å². The van der Waals surface area contributed by atoms with Crippen molar-refractivity contribution in [2.45, 2.75) is 36.5 Å². The zero-order chi connectivity index (χ0) is 32.4. The van der Waals surface area contributed by atoms with Crippen LogP contribution in [0.5, 0.6) is 0 Å². The van der Waals surface area contributed by atoms with Crippen molar-refractivity contribution in [2.75, 3.05) is 0 Å². The van der Waals surface area contributed by atoms with Crippen LogP contribution in [-0.2, 0) is 15.3 Å². The van der Waals surface area contributed by atoms with Crippen molar-refractivity contribution in [1.29, 1.82) is 0 Å². The highest BCUT2D eigenvalue weighted by Crippen LogP contribution is 2.54. The van der Waals surface area contributed by atoms with E-state index in [2.05, 4.69) is 4.74 Å². The van der Waals surface area contributed by atoms with Gasteiger partial charge < -0.3 is 0 Å². The molecule has 2 aromatic rings. The maximum Gasteiger partial charge on any atom is 0.483 e. The number of benzene rings is 2. The summed E-state index contributed by atoms with van der Waals surface area (Å²) in [6, 6.07) is 0. The van der Waals surface area contributed by atoms with Crippen molar-refractivity contribution in [1.82, 2.24) is 0 Å². The Morgan fingerprint density at radius 3 is 1.02 bits per heavy atom. The van der Waals surface area contributed by atoms with Crippen LogP contribution in [0.1, 0.15) is 17.3 Å². The van der Waals surface area contributed by atoms with Crippen LogP contribution in [0.15, 0.2) is 0 Å². The highest BCUT2D eigenvalue weighted by atomic mass is 19.4. The lowest BCUT2D eigenvalue weighted by atomic mass is 9.94. The van der Waals surface area contributed by atoms with Crippen LogP contribution in [0.3, 0.4) is 0 Å². The minimum absolute atomic E-state index is 1.48. The molecule has 0 saturated carbocycles. The van der Waals surface area contributed by atoms with Crippen LogP contribution in [0.2, 0.25) is 0 Å². The molecule has 0 saturated heterocycles. The Morgan fingerprint density at radius 2 is 0.683 bits per heavy atom. The van der Waals surface area contributed by atoms with Crippen molar-refractivity contribution >= 4 is 0 Å². The van der Waals surface area contributed by atoms with Gasteiger partial charge in [-0.3, -0.25) is 4.74 Å². The van der Waals surface area contributed by atoms with E-state index in [-0.39, 0.29) is 0 Å². The summed E-state index contributed by atoms with van der Waals surface area (Å²) < 4.78 is 288. The lowest BCUT2D eigenvalue weighted by Gasteiger charge is -2.36. The molecule has 0 N–H and O–H groups in total. The Morgan fingerprint density at radius 1 is 0.390 bits per heavy atom. The van der Waals surface area contributed by atoms with Gasteiger partial charge in [-0.1, -0.05) is 0 Å². The van der Waals surface area contributed by atoms with Gasteiger partial charge in [-0.2, -0.15) is 39.5 Å². The SMILES string of the molecule is Fc1c(F)c(F)c(C(F)C(F)(OC(F)(F)C(F)(F)OC(F)(F)C(F)(F)F)c2c(F)c(F)c(F)c(F)c2F)c(F)c1F. The molecule has 2 rings (SSSR count). The first-order valence-corrected chi connectivity index (χ1v) is 9.14. The molecule has 0 aliphatic carbocycles. The van der Waals surface area contributed by atoms with E-state index < -0.39 is 106 Å². The fraction of sp³-hybridized carbons (Fsp3) is 0.333. The Hall–Kier alpha value is -3.11. The molecule has 2 nitrogen and oxygen atoms in total. The predicted molar refractivity (Wildman–Crippen MR) is 82.2 cm³/mol. The predicted octanol–water partition coefficient (Wildman–Crippen LogP) is 8.28. The number of hydrogen-bond donors (Lipinski definition) is 0. The summed E-state index contributed by atoms with van der Waals surface area (Å²) in [4.78, 5) is 0. The molecule has 232 valence electrons. The summed E-state index contributed by atoms with van der Waals surface area (Å²) in [5.74, 6) is -42.4. The molecule has 2 aromatic carbocycles. The molecule has 0 fully saturated rings. The van der Waals surface area contributed by atoms with Gasteiger partial charge in [-0.05, 0) is 0 Å². The van der Waals surface area contributed by atoms with Gasteiger partial charge in [0.1, 0.15) is 0 Å². The van der Waals surface area contributed by atoms with Crippen LogP contribution in [0, 0.1) is 58.2 Å². The quantitative estimate of drug-likeness (QED) is 0.163. The monoisotopic (exact) mass is 648 g/mol. The van der Waals surface area contributed by atoms with Crippen LogP contribution in [0.25, 0.3) is 0 Å². The fourth-order valence-electron chi connectivity index (χ4n) is 2.69. The Balaban J connectivity index is 2.97. The Labute approximate surface area is 208 Å². The molecule has 0 bridgehead atoms. The third-order valence-corrected chi connectivity index (χ3v) is 4.58. The first kappa shape index (κ1) is 34.1. The molecule has 0 heterocycles. The second-order valence-corrected chi connectivity index (χ2v) is 7.19. The van der Waals surface area contributed by atoms with Gasteiger partial charge in [0.25, 0.3) is 5.85 Å². The minimum Gasteiger partial charge on any atom is -0.268 e. The topological polar surface area (TPSA) is 18.5 Å². The van der Waals surface area contributed by atoms with Crippen LogP contribution in [-0.4, -0.2) is 24.5 Å². The standard InChI is InChI=1S/C18HF21O2/c19-3-1(4(20)8(24)11(27)7(3)23)13(29)14(30,2-5(21)9(25)12(28)10(26)6(2)22)40-17(36,37)18(38,39)41-16(34,35)15(31,32)33/h13H. The third-order valence-electron chi connectivity index (χ3n) is 4.58. The molecule has 23 heteroatoms. The second-order valence-electron chi connectivity index (χ2n) is 7.19. The van der Waals surface area contributed by atoms with E-state index >= 15 is 4.39 Å². The second kappa shape index (κ2) is 10.3. The molecule has 0 aliphatic rings. The maximum atomic E-state index is 15.5. The summed E-state index contributed by atoms with van der Waals surface area (Å²) in [6.07, 6.45) is -35.7. The first-order valence-electron chi connectivity index (χ1n) is 9.14. The van der Waals surface area contributed by atoms with Gasteiger partial charge in [0.05, 0.1) is 11.1 Å². The average molecular weight is 648 g/mol. The summed E-state index contributed by atoms with van der Waals surface area (Å²) in [5, 5.41) is 0. The zero-order valence-corrected chi connectivity index (χ0v) is 17.8. The largest absolute Gasteiger partial charge is 0.483 e. The van der Waals surface area contributed by atoms with Crippen molar-refractivity contribution in [3.63, 3.8) is 0 Å².